The average Bonchev–Trinajstić information content (AvgIpc) is 3.44. The highest BCUT2D eigenvalue weighted by Crippen LogP contribution is 2.20. The zero-order valence-electron chi connectivity index (χ0n) is 15.5. The third kappa shape index (κ3) is 5.04. The van der Waals surface area contributed by atoms with Crippen LogP contribution in [0, 0.1) is 6.92 Å². The lowest BCUT2D eigenvalue weighted by atomic mass is 10.1. The van der Waals surface area contributed by atoms with Crippen LogP contribution in [0.1, 0.15) is 42.6 Å². The summed E-state index contributed by atoms with van der Waals surface area (Å²) in [7, 11) is -3.72. The first-order chi connectivity index (χ1) is 12.7. The van der Waals surface area contributed by atoms with Gasteiger partial charge in [-0.1, -0.05) is 19.9 Å². The summed E-state index contributed by atoms with van der Waals surface area (Å²) in [6.07, 6.45) is 1.66. The number of carbonyl (C=O) groups excluding carboxylic acids is 3. The molecule has 148 valence electrons. The summed E-state index contributed by atoms with van der Waals surface area (Å²) in [4.78, 5) is 35.6. The number of hydrogen-bond acceptors (Lipinski definition) is 5. The van der Waals surface area contributed by atoms with Gasteiger partial charge in [0.2, 0.25) is 10.0 Å². The van der Waals surface area contributed by atoms with Crippen LogP contribution in [0.25, 0.3) is 0 Å². The molecule has 0 heterocycles. The van der Waals surface area contributed by atoms with Crippen molar-refractivity contribution >= 4 is 27.7 Å². The minimum atomic E-state index is -3.72. The molecule has 0 aromatic heterocycles. The van der Waals surface area contributed by atoms with Crippen LogP contribution in [-0.2, 0) is 19.6 Å². The van der Waals surface area contributed by atoms with Gasteiger partial charge >= 0.3 is 11.8 Å². The summed E-state index contributed by atoms with van der Waals surface area (Å²) in [6.45, 7) is 5.71. The second-order valence-electron chi connectivity index (χ2n) is 6.22. The molecule has 1 saturated carbocycles. The van der Waals surface area contributed by atoms with Crippen molar-refractivity contribution in [3.05, 3.63) is 29.3 Å². The van der Waals surface area contributed by atoms with Crippen LogP contribution in [0.5, 0.6) is 0 Å². The number of nitrogens with zero attached hydrogens (tertiary/aromatic N) is 1. The normalized spacial score (nSPS) is 13.9. The zero-order valence-corrected chi connectivity index (χ0v) is 16.4. The standard InChI is InChI=1S/C17H24N4O5S/c1-4-21(5-2)27(25,26)13-9-6-11(3)14(10-13)15(22)19-20-17(24)16(23)18-12-7-8-12/h6,9-10,12H,4-5,7-8H2,1-3H3,(H,18,23)(H,19,22)(H,20,24). The fourth-order valence-corrected chi connectivity index (χ4v) is 3.92. The van der Waals surface area contributed by atoms with Crippen molar-refractivity contribution < 1.29 is 22.8 Å². The monoisotopic (exact) mass is 396 g/mol. The van der Waals surface area contributed by atoms with Gasteiger partial charge in [-0.3, -0.25) is 25.2 Å². The molecule has 0 radical (unpaired) electrons. The number of hydrazine groups is 1. The van der Waals surface area contributed by atoms with Gasteiger partial charge in [0.05, 0.1) is 4.90 Å². The van der Waals surface area contributed by atoms with Crippen molar-refractivity contribution in [2.45, 2.75) is 44.6 Å². The van der Waals surface area contributed by atoms with E-state index in [9.17, 15) is 22.8 Å². The Balaban J connectivity index is 2.11. The summed E-state index contributed by atoms with van der Waals surface area (Å²) >= 11 is 0. The largest absolute Gasteiger partial charge is 0.345 e. The maximum atomic E-state index is 12.6. The lowest BCUT2D eigenvalue weighted by Crippen LogP contribution is -2.49. The van der Waals surface area contributed by atoms with E-state index in [2.05, 4.69) is 10.7 Å². The predicted molar refractivity (Wildman–Crippen MR) is 98.1 cm³/mol. The van der Waals surface area contributed by atoms with E-state index in [0.717, 1.165) is 12.8 Å². The molecular formula is C17H24N4O5S. The van der Waals surface area contributed by atoms with Gasteiger partial charge in [-0.05, 0) is 37.5 Å². The Hall–Kier alpha value is -2.46. The number of sulfonamides is 1. The molecule has 3 N–H and O–H groups in total. The van der Waals surface area contributed by atoms with Crippen molar-refractivity contribution in [1.29, 1.82) is 0 Å². The van der Waals surface area contributed by atoms with Gasteiger partial charge in [0, 0.05) is 24.7 Å². The van der Waals surface area contributed by atoms with Crippen LogP contribution in [-0.4, -0.2) is 49.6 Å². The SMILES string of the molecule is CCN(CC)S(=O)(=O)c1ccc(C)c(C(=O)NNC(=O)C(=O)NC2CC2)c1. The fourth-order valence-electron chi connectivity index (χ4n) is 2.44. The van der Waals surface area contributed by atoms with E-state index >= 15 is 0 Å². The minimum Gasteiger partial charge on any atom is -0.345 e. The van der Waals surface area contributed by atoms with Crippen LogP contribution in [0.2, 0.25) is 0 Å². The maximum Gasteiger partial charge on any atom is 0.327 e. The van der Waals surface area contributed by atoms with Crippen LogP contribution in [0.15, 0.2) is 23.1 Å². The van der Waals surface area contributed by atoms with Gasteiger partial charge in [-0.2, -0.15) is 4.31 Å². The number of benzene rings is 1. The quantitative estimate of drug-likeness (QED) is 0.463. The highest BCUT2D eigenvalue weighted by molar-refractivity contribution is 7.89. The lowest BCUT2D eigenvalue weighted by molar-refractivity contribution is -0.139. The van der Waals surface area contributed by atoms with Gasteiger partial charge in [-0.25, -0.2) is 8.42 Å². The second-order valence-corrected chi connectivity index (χ2v) is 8.16. The average molecular weight is 396 g/mol. The molecule has 0 spiro atoms. The third-order valence-corrected chi connectivity index (χ3v) is 6.25. The first-order valence-electron chi connectivity index (χ1n) is 8.72. The van der Waals surface area contributed by atoms with Crippen molar-refractivity contribution in [1.82, 2.24) is 20.5 Å². The number of nitrogens with one attached hydrogen (secondary N) is 3. The summed E-state index contributed by atoms with van der Waals surface area (Å²) in [5.74, 6) is -2.52. The third-order valence-electron chi connectivity index (χ3n) is 4.21. The number of amides is 3. The minimum absolute atomic E-state index is 0.0141. The van der Waals surface area contributed by atoms with Gasteiger partial charge in [0.1, 0.15) is 0 Å². The van der Waals surface area contributed by atoms with Crippen LogP contribution >= 0.6 is 0 Å². The Bertz CT molecular complexity index is 845. The Kier molecular flexibility index (Phi) is 6.55. The second kappa shape index (κ2) is 8.49. The first kappa shape index (κ1) is 20.8. The summed E-state index contributed by atoms with van der Waals surface area (Å²) in [6, 6.07) is 4.23. The van der Waals surface area contributed by atoms with E-state index in [1.54, 1.807) is 20.8 Å². The lowest BCUT2D eigenvalue weighted by Gasteiger charge is -2.19. The van der Waals surface area contributed by atoms with Crippen molar-refractivity contribution in [3.63, 3.8) is 0 Å². The molecule has 0 saturated heterocycles. The topological polar surface area (TPSA) is 125 Å². The molecule has 0 atom stereocenters. The Morgan fingerprint density at radius 3 is 2.26 bits per heavy atom. The van der Waals surface area contributed by atoms with E-state index in [-0.39, 0.29) is 16.5 Å². The van der Waals surface area contributed by atoms with Gasteiger partial charge < -0.3 is 5.32 Å². The van der Waals surface area contributed by atoms with E-state index in [1.165, 1.54) is 22.5 Å². The molecule has 2 rings (SSSR count). The Labute approximate surface area is 158 Å². The Morgan fingerprint density at radius 2 is 1.70 bits per heavy atom. The molecule has 0 bridgehead atoms. The summed E-state index contributed by atoms with van der Waals surface area (Å²) in [5, 5.41) is 2.50. The van der Waals surface area contributed by atoms with E-state index in [1.807, 2.05) is 5.43 Å². The predicted octanol–water partition coefficient (Wildman–Crippen LogP) is 0.0651. The van der Waals surface area contributed by atoms with Crippen LogP contribution < -0.4 is 16.2 Å². The maximum absolute atomic E-state index is 12.6. The van der Waals surface area contributed by atoms with Crippen LogP contribution in [0.3, 0.4) is 0 Å². The molecule has 1 fully saturated rings. The summed E-state index contributed by atoms with van der Waals surface area (Å²) < 4.78 is 26.5. The molecule has 10 heteroatoms. The molecule has 1 aliphatic carbocycles. The number of hydrogen-bond donors (Lipinski definition) is 3. The molecule has 1 aromatic rings. The zero-order chi connectivity index (χ0) is 20.2. The molecule has 27 heavy (non-hydrogen) atoms. The van der Waals surface area contributed by atoms with Crippen molar-refractivity contribution in [3.8, 4) is 0 Å². The molecule has 0 unspecified atom stereocenters. The molecule has 1 aliphatic rings. The van der Waals surface area contributed by atoms with E-state index in [0.29, 0.717) is 18.7 Å². The molecule has 9 nitrogen and oxygen atoms in total. The molecular weight excluding hydrogens is 372 g/mol. The number of rotatable bonds is 6. The van der Waals surface area contributed by atoms with E-state index < -0.39 is 27.7 Å². The van der Waals surface area contributed by atoms with Crippen LogP contribution in [0.4, 0.5) is 0 Å². The molecule has 3 amide bonds. The molecule has 0 aliphatic heterocycles. The van der Waals surface area contributed by atoms with Crippen molar-refractivity contribution in [2.75, 3.05) is 13.1 Å². The Morgan fingerprint density at radius 1 is 1.07 bits per heavy atom. The highest BCUT2D eigenvalue weighted by atomic mass is 32.2. The van der Waals surface area contributed by atoms with Gasteiger partial charge in [0.25, 0.3) is 5.91 Å². The fraction of sp³-hybridized carbons (Fsp3) is 0.471. The number of aryl methyl sites for hydroxylation is 1. The highest BCUT2D eigenvalue weighted by Gasteiger charge is 2.27. The first-order valence-corrected chi connectivity index (χ1v) is 10.2. The number of carbonyl (C=O) groups is 3. The summed E-state index contributed by atoms with van der Waals surface area (Å²) in [5.41, 5.74) is 4.80. The van der Waals surface area contributed by atoms with Crippen molar-refractivity contribution in [2.24, 2.45) is 0 Å². The van der Waals surface area contributed by atoms with Gasteiger partial charge in [0.15, 0.2) is 0 Å². The smallest absolute Gasteiger partial charge is 0.327 e. The van der Waals surface area contributed by atoms with E-state index in [4.69, 9.17) is 0 Å². The molecule has 1 aromatic carbocycles. The van der Waals surface area contributed by atoms with Gasteiger partial charge in [-0.15, -0.1) is 0 Å².